The van der Waals surface area contributed by atoms with Crippen molar-refractivity contribution in [3.8, 4) is 0 Å². The summed E-state index contributed by atoms with van der Waals surface area (Å²) in [6.45, 7) is 5.80. The highest BCUT2D eigenvalue weighted by molar-refractivity contribution is 7.98. The van der Waals surface area contributed by atoms with Crippen LogP contribution in [0, 0.1) is 6.92 Å². The molecule has 0 atom stereocenters. The first-order valence-corrected chi connectivity index (χ1v) is 11.8. The van der Waals surface area contributed by atoms with Crippen molar-refractivity contribution in [1.82, 2.24) is 9.55 Å². The summed E-state index contributed by atoms with van der Waals surface area (Å²) in [5.41, 5.74) is 10.6. The topological polar surface area (TPSA) is 78.0 Å². The molecular formula is C27H28ClN3O2S. The Morgan fingerprint density at radius 2 is 1.59 bits per heavy atom. The number of fused-ring (bicyclic) bond motifs is 1. The first kappa shape index (κ1) is 25.7. The molecule has 0 unspecified atom stereocenters. The van der Waals surface area contributed by atoms with Gasteiger partial charge in [0, 0.05) is 29.5 Å². The number of thioether (sulfide) groups is 1. The van der Waals surface area contributed by atoms with Gasteiger partial charge in [0.05, 0.1) is 10.9 Å². The van der Waals surface area contributed by atoms with E-state index in [1.165, 1.54) is 11.8 Å². The molecule has 5 nitrogen and oxygen atoms in total. The second-order valence-corrected chi connectivity index (χ2v) is 9.78. The third kappa shape index (κ3) is 5.25. The smallest absolute Gasteiger partial charge is 0.262 e. The number of rotatable bonds is 6. The molecule has 4 aromatic rings. The Kier molecular flexibility index (Phi) is 7.66. The fourth-order valence-electron chi connectivity index (χ4n) is 3.70. The molecule has 0 saturated carbocycles. The first-order valence-electron chi connectivity index (χ1n) is 10.8. The lowest BCUT2D eigenvalue weighted by molar-refractivity contribution is 0.103. The molecule has 0 bridgehead atoms. The number of hydrogen-bond acceptors (Lipinski definition) is 5. The Bertz CT molecular complexity index is 1390. The molecule has 4 rings (SSSR count). The van der Waals surface area contributed by atoms with E-state index in [0.29, 0.717) is 32.9 Å². The van der Waals surface area contributed by atoms with Crippen molar-refractivity contribution in [3.63, 3.8) is 0 Å². The molecule has 0 aliphatic heterocycles. The minimum atomic E-state index is -0.441. The Morgan fingerprint density at radius 3 is 2.18 bits per heavy atom. The van der Waals surface area contributed by atoms with Crippen LogP contribution in [-0.4, -0.2) is 15.3 Å². The van der Waals surface area contributed by atoms with Crippen LogP contribution in [0.3, 0.4) is 0 Å². The van der Waals surface area contributed by atoms with Crippen LogP contribution in [0.4, 0.5) is 0 Å². The third-order valence-corrected chi connectivity index (χ3v) is 6.85. The van der Waals surface area contributed by atoms with Crippen molar-refractivity contribution in [2.45, 2.75) is 37.2 Å². The maximum Gasteiger partial charge on any atom is 0.262 e. The number of ketones is 1. The van der Waals surface area contributed by atoms with Gasteiger partial charge in [0.2, 0.25) is 0 Å². The van der Waals surface area contributed by atoms with Gasteiger partial charge in [-0.2, -0.15) is 0 Å². The molecule has 1 heterocycles. The summed E-state index contributed by atoms with van der Waals surface area (Å²) in [6.07, 6.45) is 0. The van der Waals surface area contributed by atoms with E-state index in [9.17, 15) is 9.59 Å². The van der Waals surface area contributed by atoms with Gasteiger partial charge in [-0.15, -0.1) is 12.4 Å². The summed E-state index contributed by atoms with van der Waals surface area (Å²) in [6, 6.07) is 20.7. The molecule has 1 aromatic heterocycles. The van der Waals surface area contributed by atoms with Crippen molar-refractivity contribution in [3.05, 3.63) is 105 Å². The number of nitrogens with zero attached hydrogens (tertiary/aromatic N) is 2. The fraction of sp³-hybridized carbons (Fsp3) is 0.222. The first-order chi connectivity index (χ1) is 15.6. The minimum absolute atomic E-state index is 0. The molecule has 7 heteroatoms. The average molecular weight is 494 g/mol. The maximum atomic E-state index is 12.8. The molecule has 0 aliphatic carbocycles. The molecule has 3 aromatic carbocycles. The van der Waals surface area contributed by atoms with Gasteiger partial charge in [-0.3, -0.25) is 14.2 Å². The minimum Gasteiger partial charge on any atom is -0.322 e. The number of nitrogens with two attached hydrogens (primary N) is 1. The highest BCUT2D eigenvalue weighted by Gasteiger charge is 2.16. The van der Waals surface area contributed by atoms with Crippen molar-refractivity contribution in [1.29, 1.82) is 0 Å². The number of aryl methyl sites for hydroxylation is 1. The van der Waals surface area contributed by atoms with Gasteiger partial charge in [0.25, 0.3) is 5.56 Å². The normalized spacial score (nSPS) is 11.3. The van der Waals surface area contributed by atoms with Crippen molar-refractivity contribution in [2.24, 2.45) is 12.8 Å². The molecule has 0 fully saturated rings. The van der Waals surface area contributed by atoms with Gasteiger partial charge < -0.3 is 5.73 Å². The van der Waals surface area contributed by atoms with Crippen LogP contribution < -0.4 is 11.3 Å². The number of halogens is 1. The van der Waals surface area contributed by atoms with Crippen LogP contribution in [-0.2, 0) is 18.3 Å². The number of benzene rings is 3. The Labute approximate surface area is 209 Å². The van der Waals surface area contributed by atoms with Gasteiger partial charge in [-0.1, -0.05) is 72.4 Å². The monoisotopic (exact) mass is 493 g/mol. The van der Waals surface area contributed by atoms with Crippen LogP contribution >= 0.6 is 24.2 Å². The molecule has 34 heavy (non-hydrogen) atoms. The van der Waals surface area contributed by atoms with Crippen LogP contribution in [0.2, 0.25) is 0 Å². The zero-order valence-corrected chi connectivity index (χ0v) is 21.3. The zero-order valence-electron chi connectivity index (χ0n) is 19.7. The van der Waals surface area contributed by atoms with Gasteiger partial charge in [-0.05, 0) is 43.5 Å². The number of carbonyl (C=O) groups is 1. The van der Waals surface area contributed by atoms with E-state index in [1.807, 2.05) is 87.5 Å². The number of hydrogen-bond donors (Lipinski definition) is 1. The Morgan fingerprint density at radius 1 is 1.00 bits per heavy atom. The molecule has 0 radical (unpaired) electrons. The molecule has 0 amide bonds. The van der Waals surface area contributed by atoms with Gasteiger partial charge in [-0.25, -0.2) is 4.98 Å². The quantitative estimate of drug-likeness (QED) is 0.221. The van der Waals surface area contributed by atoms with E-state index in [2.05, 4.69) is 4.98 Å². The van der Waals surface area contributed by atoms with Crippen LogP contribution in [0.5, 0.6) is 0 Å². The lowest BCUT2D eigenvalue weighted by atomic mass is 9.93. The predicted octanol–water partition coefficient (Wildman–Crippen LogP) is 5.38. The molecule has 0 saturated heterocycles. The molecular weight excluding hydrogens is 466 g/mol. The lowest BCUT2D eigenvalue weighted by Crippen LogP contribution is -2.28. The summed E-state index contributed by atoms with van der Waals surface area (Å²) in [5.74, 6) is 0.622. The van der Waals surface area contributed by atoms with E-state index < -0.39 is 5.54 Å². The van der Waals surface area contributed by atoms with E-state index in [-0.39, 0.29) is 23.7 Å². The largest absolute Gasteiger partial charge is 0.322 e. The van der Waals surface area contributed by atoms with Crippen LogP contribution in [0.25, 0.3) is 10.9 Å². The number of aromatic nitrogens is 2. The van der Waals surface area contributed by atoms with E-state index in [4.69, 9.17) is 5.73 Å². The molecule has 176 valence electrons. The predicted molar refractivity (Wildman–Crippen MR) is 142 cm³/mol. The standard InChI is InChI=1S/C27H27N3O2S.ClH/c1-17-6-5-7-22-23(17)25(32)30(4)26(29-22)33-16-18-8-10-19(11-9-18)24(31)20-12-14-21(15-13-20)27(2,3)28;/h5-15H,16,28H2,1-4H3;1H. The summed E-state index contributed by atoms with van der Waals surface area (Å²) >= 11 is 1.50. The fourth-order valence-corrected chi connectivity index (χ4v) is 4.63. The van der Waals surface area contributed by atoms with E-state index in [0.717, 1.165) is 16.7 Å². The zero-order chi connectivity index (χ0) is 23.8. The second kappa shape index (κ2) is 10.1. The summed E-state index contributed by atoms with van der Waals surface area (Å²) in [4.78, 5) is 30.3. The number of carbonyl (C=O) groups excluding carboxylic acids is 1. The van der Waals surface area contributed by atoms with E-state index in [1.54, 1.807) is 11.6 Å². The van der Waals surface area contributed by atoms with Crippen molar-refractivity contribution in [2.75, 3.05) is 0 Å². The SMILES string of the molecule is Cc1cccc2nc(SCc3ccc(C(=O)c4ccc(C(C)(C)N)cc4)cc3)n(C)c(=O)c12.Cl. The third-order valence-electron chi connectivity index (χ3n) is 5.75. The van der Waals surface area contributed by atoms with Crippen molar-refractivity contribution >= 4 is 40.9 Å². The lowest BCUT2D eigenvalue weighted by Gasteiger charge is -2.19. The highest BCUT2D eigenvalue weighted by atomic mass is 35.5. The molecule has 2 N–H and O–H groups in total. The molecule has 0 aliphatic rings. The molecule has 0 spiro atoms. The highest BCUT2D eigenvalue weighted by Crippen LogP contribution is 2.24. The van der Waals surface area contributed by atoms with Crippen LogP contribution in [0.1, 0.15) is 46.5 Å². The summed E-state index contributed by atoms with van der Waals surface area (Å²) < 4.78 is 1.60. The van der Waals surface area contributed by atoms with Gasteiger partial charge in [0.1, 0.15) is 0 Å². The van der Waals surface area contributed by atoms with Gasteiger partial charge >= 0.3 is 0 Å². The van der Waals surface area contributed by atoms with E-state index >= 15 is 0 Å². The van der Waals surface area contributed by atoms with Gasteiger partial charge in [0.15, 0.2) is 10.9 Å². The second-order valence-electron chi connectivity index (χ2n) is 8.84. The Balaban J connectivity index is 0.00000324. The Hall–Kier alpha value is -2.93. The average Bonchev–Trinajstić information content (AvgIpc) is 2.80. The summed E-state index contributed by atoms with van der Waals surface area (Å²) in [7, 11) is 1.75. The van der Waals surface area contributed by atoms with Crippen LogP contribution in [0.15, 0.2) is 76.7 Å². The maximum absolute atomic E-state index is 12.8. The summed E-state index contributed by atoms with van der Waals surface area (Å²) in [5, 5.41) is 1.33. The van der Waals surface area contributed by atoms with Crippen molar-refractivity contribution < 1.29 is 4.79 Å².